The summed E-state index contributed by atoms with van der Waals surface area (Å²) in [7, 11) is -1.42. The Hall–Kier alpha value is -1.65. The average Bonchev–Trinajstić information content (AvgIpc) is 2.30. The van der Waals surface area contributed by atoms with Gasteiger partial charge >= 0.3 is 7.12 Å². The summed E-state index contributed by atoms with van der Waals surface area (Å²) in [5.74, 6) is 0. The molecule has 0 aliphatic rings. The molecule has 1 heterocycles. The molecule has 1 aromatic heterocycles. The summed E-state index contributed by atoms with van der Waals surface area (Å²) in [4.78, 5) is 4.06. The number of nitrogens with zero attached hydrogens (tertiary/aromatic N) is 1. The zero-order valence-corrected chi connectivity index (χ0v) is 8.96. The summed E-state index contributed by atoms with van der Waals surface area (Å²) in [5, 5.41) is 18.1. The standard InChI is InChI=1S/C12H12BNO2/c1-9-7-11(13(15)16)4-5-12(9)10-3-2-6-14-8-10/h2-8,15-16H,1H3. The van der Waals surface area contributed by atoms with E-state index in [1.807, 2.05) is 25.1 Å². The molecule has 0 bridgehead atoms. The fourth-order valence-corrected chi connectivity index (χ4v) is 1.69. The Morgan fingerprint density at radius 1 is 1.19 bits per heavy atom. The molecule has 0 aliphatic carbocycles. The van der Waals surface area contributed by atoms with Crippen molar-refractivity contribution in [3.63, 3.8) is 0 Å². The molecule has 0 saturated heterocycles. The van der Waals surface area contributed by atoms with Crippen LogP contribution in [0.25, 0.3) is 11.1 Å². The number of hydrogen-bond acceptors (Lipinski definition) is 3. The molecule has 16 heavy (non-hydrogen) atoms. The summed E-state index contributed by atoms with van der Waals surface area (Å²) < 4.78 is 0. The highest BCUT2D eigenvalue weighted by atomic mass is 16.4. The Kier molecular flexibility index (Phi) is 3.03. The quantitative estimate of drug-likeness (QED) is 0.723. The van der Waals surface area contributed by atoms with Crippen LogP contribution < -0.4 is 5.46 Å². The highest BCUT2D eigenvalue weighted by Gasteiger charge is 2.12. The zero-order chi connectivity index (χ0) is 11.5. The first-order valence-electron chi connectivity index (χ1n) is 5.05. The van der Waals surface area contributed by atoms with Crippen LogP contribution in [-0.4, -0.2) is 22.2 Å². The summed E-state index contributed by atoms with van der Waals surface area (Å²) in [6.07, 6.45) is 3.52. The second kappa shape index (κ2) is 4.47. The molecule has 0 saturated carbocycles. The minimum absolute atomic E-state index is 0.505. The van der Waals surface area contributed by atoms with Crippen LogP contribution in [0.2, 0.25) is 0 Å². The Bertz CT molecular complexity index is 486. The first kappa shape index (κ1) is 10.9. The molecule has 2 rings (SSSR count). The van der Waals surface area contributed by atoms with E-state index in [-0.39, 0.29) is 0 Å². The van der Waals surface area contributed by atoms with Crippen molar-refractivity contribution in [1.82, 2.24) is 4.98 Å². The van der Waals surface area contributed by atoms with Crippen molar-refractivity contribution in [2.75, 3.05) is 0 Å². The van der Waals surface area contributed by atoms with E-state index in [9.17, 15) is 0 Å². The van der Waals surface area contributed by atoms with Gasteiger partial charge in [0.15, 0.2) is 0 Å². The minimum atomic E-state index is -1.42. The van der Waals surface area contributed by atoms with Crippen molar-refractivity contribution in [3.05, 3.63) is 48.3 Å². The van der Waals surface area contributed by atoms with Crippen LogP contribution in [0.15, 0.2) is 42.7 Å². The van der Waals surface area contributed by atoms with Crippen molar-refractivity contribution >= 4 is 12.6 Å². The van der Waals surface area contributed by atoms with Gasteiger partial charge in [-0.2, -0.15) is 0 Å². The Morgan fingerprint density at radius 2 is 2.00 bits per heavy atom. The lowest BCUT2D eigenvalue weighted by molar-refractivity contribution is 0.426. The number of benzene rings is 1. The van der Waals surface area contributed by atoms with Crippen molar-refractivity contribution in [3.8, 4) is 11.1 Å². The summed E-state index contributed by atoms with van der Waals surface area (Å²) in [5.41, 5.74) is 3.58. The molecule has 0 spiro atoms. The van der Waals surface area contributed by atoms with Gasteiger partial charge in [0.1, 0.15) is 0 Å². The van der Waals surface area contributed by atoms with Gasteiger partial charge in [0.25, 0.3) is 0 Å². The third kappa shape index (κ3) is 2.13. The van der Waals surface area contributed by atoms with Gasteiger partial charge < -0.3 is 10.0 Å². The van der Waals surface area contributed by atoms with Crippen LogP contribution in [0.5, 0.6) is 0 Å². The normalized spacial score (nSPS) is 10.2. The van der Waals surface area contributed by atoms with Crippen molar-refractivity contribution in [1.29, 1.82) is 0 Å². The molecule has 2 aromatic rings. The Labute approximate surface area is 94.6 Å². The van der Waals surface area contributed by atoms with E-state index >= 15 is 0 Å². The highest BCUT2D eigenvalue weighted by Crippen LogP contribution is 2.20. The van der Waals surface area contributed by atoms with Crippen LogP contribution in [0.4, 0.5) is 0 Å². The molecule has 0 unspecified atom stereocenters. The van der Waals surface area contributed by atoms with E-state index in [0.29, 0.717) is 5.46 Å². The van der Waals surface area contributed by atoms with Crippen molar-refractivity contribution < 1.29 is 10.0 Å². The number of aryl methyl sites for hydroxylation is 1. The molecule has 2 N–H and O–H groups in total. The molecule has 0 amide bonds. The highest BCUT2D eigenvalue weighted by molar-refractivity contribution is 6.58. The third-order valence-electron chi connectivity index (χ3n) is 2.52. The largest absolute Gasteiger partial charge is 0.488 e. The predicted molar refractivity (Wildman–Crippen MR) is 64.2 cm³/mol. The summed E-state index contributed by atoms with van der Waals surface area (Å²) in [6.45, 7) is 1.94. The number of rotatable bonds is 2. The third-order valence-corrected chi connectivity index (χ3v) is 2.52. The van der Waals surface area contributed by atoms with E-state index in [1.165, 1.54) is 0 Å². The van der Waals surface area contributed by atoms with Gasteiger partial charge in [0, 0.05) is 18.0 Å². The summed E-state index contributed by atoms with van der Waals surface area (Å²) in [6, 6.07) is 9.21. The van der Waals surface area contributed by atoms with E-state index in [1.54, 1.807) is 24.5 Å². The monoisotopic (exact) mass is 213 g/mol. The number of hydrogen-bond donors (Lipinski definition) is 2. The van der Waals surface area contributed by atoms with Crippen LogP contribution in [0.1, 0.15) is 5.56 Å². The summed E-state index contributed by atoms with van der Waals surface area (Å²) >= 11 is 0. The molecule has 0 aliphatic heterocycles. The van der Waals surface area contributed by atoms with Crippen LogP contribution in [0, 0.1) is 6.92 Å². The lowest BCUT2D eigenvalue weighted by Crippen LogP contribution is -2.29. The molecule has 0 fully saturated rings. The fourth-order valence-electron chi connectivity index (χ4n) is 1.69. The van der Waals surface area contributed by atoms with Crippen molar-refractivity contribution in [2.45, 2.75) is 6.92 Å². The molecule has 0 atom stereocenters. The topological polar surface area (TPSA) is 53.4 Å². The van der Waals surface area contributed by atoms with Crippen LogP contribution >= 0.6 is 0 Å². The van der Waals surface area contributed by atoms with Gasteiger partial charge in [0.2, 0.25) is 0 Å². The molecule has 80 valence electrons. The van der Waals surface area contributed by atoms with Gasteiger partial charge in [-0.05, 0) is 29.6 Å². The van der Waals surface area contributed by atoms with Crippen LogP contribution in [0.3, 0.4) is 0 Å². The van der Waals surface area contributed by atoms with Gasteiger partial charge in [0.05, 0.1) is 0 Å². The maximum Gasteiger partial charge on any atom is 0.488 e. The lowest BCUT2D eigenvalue weighted by Gasteiger charge is -2.07. The first-order valence-corrected chi connectivity index (χ1v) is 5.05. The van der Waals surface area contributed by atoms with Crippen LogP contribution in [-0.2, 0) is 0 Å². The molecule has 0 radical (unpaired) electrons. The smallest absolute Gasteiger partial charge is 0.423 e. The SMILES string of the molecule is Cc1cc(B(O)O)ccc1-c1cccnc1. The predicted octanol–water partition coefficient (Wildman–Crippen LogP) is 0.737. The van der Waals surface area contributed by atoms with E-state index in [2.05, 4.69) is 4.98 Å². The minimum Gasteiger partial charge on any atom is -0.423 e. The van der Waals surface area contributed by atoms with Gasteiger partial charge in [-0.15, -0.1) is 0 Å². The molecular weight excluding hydrogens is 201 g/mol. The number of aromatic nitrogens is 1. The van der Waals surface area contributed by atoms with E-state index in [0.717, 1.165) is 16.7 Å². The molecule has 1 aromatic carbocycles. The molecular formula is C12H12BNO2. The van der Waals surface area contributed by atoms with E-state index in [4.69, 9.17) is 10.0 Å². The van der Waals surface area contributed by atoms with Crippen molar-refractivity contribution in [2.24, 2.45) is 0 Å². The van der Waals surface area contributed by atoms with E-state index < -0.39 is 7.12 Å². The second-order valence-electron chi connectivity index (χ2n) is 3.69. The zero-order valence-electron chi connectivity index (χ0n) is 8.96. The first-order chi connectivity index (χ1) is 7.68. The maximum atomic E-state index is 9.05. The van der Waals surface area contributed by atoms with Gasteiger partial charge in [-0.1, -0.05) is 24.3 Å². The molecule has 4 heteroatoms. The Balaban J connectivity index is 2.45. The average molecular weight is 213 g/mol. The second-order valence-corrected chi connectivity index (χ2v) is 3.69. The maximum absolute atomic E-state index is 9.05. The molecule has 3 nitrogen and oxygen atoms in total. The van der Waals surface area contributed by atoms with Gasteiger partial charge in [-0.3, -0.25) is 4.98 Å². The number of pyridine rings is 1. The Morgan fingerprint density at radius 3 is 2.56 bits per heavy atom. The van der Waals surface area contributed by atoms with Gasteiger partial charge in [-0.25, -0.2) is 0 Å². The lowest BCUT2D eigenvalue weighted by atomic mass is 9.78. The fraction of sp³-hybridized carbons (Fsp3) is 0.0833.